The molecule has 0 unspecified atom stereocenters. The highest BCUT2D eigenvalue weighted by molar-refractivity contribution is 14.0. The summed E-state index contributed by atoms with van der Waals surface area (Å²) in [6.45, 7) is 9.50. The van der Waals surface area contributed by atoms with Crippen molar-refractivity contribution < 1.29 is 14.2 Å². The molecule has 2 aromatic carbocycles. The number of nitrogens with zero attached hydrogens (tertiary/aromatic N) is 1. The first kappa shape index (κ1) is 27.2. The maximum Gasteiger partial charge on any atom is 0.191 e. The quantitative estimate of drug-likeness (QED) is 0.161. The molecule has 0 aliphatic carbocycles. The van der Waals surface area contributed by atoms with Gasteiger partial charge in [-0.25, -0.2) is 4.99 Å². The van der Waals surface area contributed by atoms with Gasteiger partial charge in [-0.3, -0.25) is 0 Å². The van der Waals surface area contributed by atoms with E-state index in [2.05, 4.69) is 35.8 Å². The molecule has 0 amide bonds. The molecule has 2 aromatic rings. The van der Waals surface area contributed by atoms with Crippen molar-refractivity contribution in [3.05, 3.63) is 65.7 Å². The van der Waals surface area contributed by atoms with Gasteiger partial charge in [-0.05, 0) is 43.5 Å². The zero-order chi connectivity index (χ0) is 21.3. The van der Waals surface area contributed by atoms with Gasteiger partial charge in [-0.1, -0.05) is 42.5 Å². The first-order chi connectivity index (χ1) is 14.8. The number of nitrogens with one attached hydrogen (secondary N) is 2. The molecule has 0 aromatic heterocycles. The topological polar surface area (TPSA) is 64.1 Å². The Morgan fingerprint density at radius 1 is 0.871 bits per heavy atom. The summed E-state index contributed by atoms with van der Waals surface area (Å²) in [5.41, 5.74) is 2.31. The summed E-state index contributed by atoms with van der Waals surface area (Å²) in [4.78, 5) is 4.69. The SMILES string of the molecule is CCNC(=NCc1cccc(COCCOCC)c1)NCCCOc1ccccc1.I. The van der Waals surface area contributed by atoms with Gasteiger partial charge in [0.1, 0.15) is 5.75 Å². The van der Waals surface area contributed by atoms with Crippen LogP contribution in [0.4, 0.5) is 0 Å². The highest BCUT2D eigenvalue weighted by Crippen LogP contribution is 2.09. The molecule has 0 heterocycles. The van der Waals surface area contributed by atoms with Gasteiger partial charge in [0.2, 0.25) is 0 Å². The zero-order valence-corrected chi connectivity index (χ0v) is 21.0. The van der Waals surface area contributed by atoms with Crippen LogP contribution in [-0.4, -0.2) is 45.5 Å². The molecule has 0 saturated heterocycles. The van der Waals surface area contributed by atoms with Crippen LogP contribution in [0.3, 0.4) is 0 Å². The van der Waals surface area contributed by atoms with Gasteiger partial charge < -0.3 is 24.8 Å². The molecule has 0 fully saturated rings. The fourth-order valence-electron chi connectivity index (χ4n) is 2.77. The second-order valence-corrected chi connectivity index (χ2v) is 6.71. The van der Waals surface area contributed by atoms with Crippen molar-refractivity contribution in [1.29, 1.82) is 0 Å². The lowest BCUT2D eigenvalue weighted by molar-refractivity contribution is 0.0453. The predicted molar refractivity (Wildman–Crippen MR) is 137 cm³/mol. The minimum atomic E-state index is 0. The van der Waals surface area contributed by atoms with Crippen LogP contribution >= 0.6 is 24.0 Å². The third-order valence-corrected chi connectivity index (χ3v) is 4.23. The minimum Gasteiger partial charge on any atom is -0.494 e. The summed E-state index contributed by atoms with van der Waals surface area (Å²) >= 11 is 0. The molecule has 2 N–H and O–H groups in total. The second-order valence-electron chi connectivity index (χ2n) is 6.71. The Morgan fingerprint density at radius 3 is 2.42 bits per heavy atom. The zero-order valence-electron chi connectivity index (χ0n) is 18.6. The van der Waals surface area contributed by atoms with Gasteiger partial charge in [-0.2, -0.15) is 0 Å². The van der Waals surface area contributed by atoms with Crippen LogP contribution in [0.25, 0.3) is 0 Å². The molecular weight excluding hydrogens is 505 g/mol. The third-order valence-electron chi connectivity index (χ3n) is 4.23. The molecule has 6 nitrogen and oxygen atoms in total. The molecule has 172 valence electrons. The lowest BCUT2D eigenvalue weighted by atomic mass is 10.1. The van der Waals surface area contributed by atoms with E-state index in [0.29, 0.717) is 33.0 Å². The van der Waals surface area contributed by atoms with E-state index >= 15 is 0 Å². The summed E-state index contributed by atoms with van der Waals surface area (Å²) in [5.74, 6) is 1.72. The molecule has 0 bridgehead atoms. The maximum atomic E-state index is 5.72. The average molecular weight is 541 g/mol. The summed E-state index contributed by atoms with van der Waals surface area (Å²) < 4.78 is 16.7. The van der Waals surface area contributed by atoms with Crippen LogP contribution in [0.1, 0.15) is 31.4 Å². The first-order valence-corrected chi connectivity index (χ1v) is 10.7. The van der Waals surface area contributed by atoms with Crippen molar-refractivity contribution in [3.63, 3.8) is 0 Å². The summed E-state index contributed by atoms with van der Waals surface area (Å²) in [5, 5.41) is 6.66. The Hall–Kier alpha value is -1.84. The van der Waals surface area contributed by atoms with Gasteiger partial charge in [0.25, 0.3) is 0 Å². The largest absolute Gasteiger partial charge is 0.494 e. The Labute approximate surface area is 203 Å². The molecule has 2 rings (SSSR count). The van der Waals surface area contributed by atoms with E-state index in [0.717, 1.165) is 49.0 Å². The van der Waals surface area contributed by atoms with Crippen molar-refractivity contribution in [2.45, 2.75) is 33.4 Å². The van der Waals surface area contributed by atoms with Crippen LogP contribution in [0.15, 0.2) is 59.6 Å². The number of aliphatic imine (C=N–C) groups is 1. The lowest BCUT2D eigenvalue weighted by Gasteiger charge is -2.12. The molecule has 0 radical (unpaired) electrons. The highest BCUT2D eigenvalue weighted by atomic mass is 127. The highest BCUT2D eigenvalue weighted by Gasteiger charge is 2.00. The molecular formula is C24H36IN3O3. The lowest BCUT2D eigenvalue weighted by Crippen LogP contribution is -2.38. The predicted octanol–water partition coefficient (Wildman–Crippen LogP) is 4.38. The summed E-state index contributed by atoms with van der Waals surface area (Å²) in [6.07, 6.45) is 0.897. The van der Waals surface area contributed by atoms with Crippen LogP contribution in [0.2, 0.25) is 0 Å². The van der Waals surface area contributed by atoms with Crippen molar-refractivity contribution in [1.82, 2.24) is 10.6 Å². The normalized spacial score (nSPS) is 11.0. The van der Waals surface area contributed by atoms with Crippen LogP contribution < -0.4 is 15.4 Å². The van der Waals surface area contributed by atoms with Gasteiger partial charge in [0.15, 0.2) is 5.96 Å². The standard InChI is InChI=1S/C24H35N3O3.HI/c1-3-25-24(26-14-9-15-30-23-12-6-5-7-13-23)27-19-21-10-8-11-22(18-21)20-29-17-16-28-4-2;/h5-8,10-13,18H,3-4,9,14-17,19-20H2,1-2H3,(H2,25,26,27);1H. The Bertz CT molecular complexity index is 729. The van der Waals surface area contributed by atoms with Crippen LogP contribution in [0.5, 0.6) is 5.75 Å². The van der Waals surface area contributed by atoms with Crippen LogP contribution in [0, 0.1) is 0 Å². The van der Waals surface area contributed by atoms with Crippen molar-refractivity contribution in [3.8, 4) is 5.75 Å². The minimum absolute atomic E-state index is 0. The monoisotopic (exact) mass is 541 g/mol. The fourth-order valence-corrected chi connectivity index (χ4v) is 2.77. The second kappa shape index (κ2) is 17.8. The average Bonchev–Trinajstić information content (AvgIpc) is 2.78. The van der Waals surface area contributed by atoms with E-state index in [1.807, 2.05) is 43.3 Å². The number of hydrogen-bond donors (Lipinski definition) is 2. The van der Waals surface area contributed by atoms with Gasteiger partial charge in [0, 0.05) is 19.7 Å². The summed E-state index contributed by atoms with van der Waals surface area (Å²) in [7, 11) is 0. The smallest absolute Gasteiger partial charge is 0.191 e. The molecule has 0 aliphatic rings. The van der Waals surface area contributed by atoms with E-state index < -0.39 is 0 Å². The van der Waals surface area contributed by atoms with E-state index in [4.69, 9.17) is 19.2 Å². The molecule has 0 aliphatic heterocycles. The number of ether oxygens (including phenoxy) is 3. The number of hydrogen-bond acceptors (Lipinski definition) is 4. The van der Waals surface area contributed by atoms with Crippen molar-refractivity contribution in [2.75, 3.05) is 39.5 Å². The molecule has 0 saturated carbocycles. The van der Waals surface area contributed by atoms with Crippen molar-refractivity contribution in [2.24, 2.45) is 4.99 Å². The number of halogens is 1. The van der Waals surface area contributed by atoms with Gasteiger partial charge in [-0.15, -0.1) is 24.0 Å². The Balaban J connectivity index is 0.00000480. The van der Waals surface area contributed by atoms with Gasteiger partial charge >= 0.3 is 0 Å². The number of rotatable bonds is 14. The number of para-hydroxylation sites is 1. The third kappa shape index (κ3) is 12.6. The van der Waals surface area contributed by atoms with E-state index in [1.165, 1.54) is 0 Å². The molecule has 31 heavy (non-hydrogen) atoms. The Kier molecular flexibility index (Phi) is 15.6. The molecule has 0 spiro atoms. The van der Waals surface area contributed by atoms with Crippen LogP contribution in [-0.2, 0) is 22.6 Å². The van der Waals surface area contributed by atoms with E-state index in [1.54, 1.807) is 0 Å². The molecule has 0 atom stereocenters. The first-order valence-electron chi connectivity index (χ1n) is 10.7. The van der Waals surface area contributed by atoms with E-state index in [-0.39, 0.29) is 24.0 Å². The van der Waals surface area contributed by atoms with Gasteiger partial charge in [0.05, 0.1) is 33.0 Å². The fraction of sp³-hybridized carbons (Fsp3) is 0.458. The van der Waals surface area contributed by atoms with E-state index in [9.17, 15) is 0 Å². The maximum absolute atomic E-state index is 5.72. The molecule has 7 heteroatoms. The summed E-state index contributed by atoms with van der Waals surface area (Å²) in [6, 6.07) is 18.2. The number of guanidine groups is 1. The van der Waals surface area contributed by atoms with Crippen molar-refractivity contribution >= 4 is 29.9 Å². The Morgan fingerprint density at radius 2 is 1.65 bits per heavy atom. The number of benzene rings is 2.